The van der Waals surface area contributed by atoms with E-state index in [1.54, 1.807) is 22.2 Å². The van der Waals surface area contributed by atoms with Crippen LogP contribution in [-0.2, 0) is 13.6 Å². The third-order valence-electron chi connectivity index (χ3n) is 1.91. The number of hydrogen-bond acceptors (Lipinski definition) is 4. The van der Waals surface area contributed by atoms with Crippen LogP contribution in [0.4, 0.5) is 5.82 Å². The summed E-state index contributed by atoms with van der Waals surface area (Å²) < 4.78 is 1.81. The molecule has 0 aliphatic carbocycles. The smallest absolute Gasteiger partial charge is 0.124 e. The summed E-state index contributed by atoms with van der Waals surface area (Å²) in [5.41, 5.74) is 1.08. The monoisotopic (exact) mass is 208 g/mol. The van der Waals surface area contributed by atoms with E-state index in [4.69, 9.17) is 0 Å². The number of aryl methyl sites for hydroxylation is 2. The molecule has 4 nitrogen and oxygen atoms in total. The van der Waals surface area contributed by atoms with Gasteiger partial charge in [-0.2, -0.15) is 5.10 Å². The van der Waals surface area contributed by atoms with Crippen LogP contribution in [0, 0.1) is 6.92 Å². The lowest BCUT2D eigenvalue weighted by molar-refractivity contribution is 0.768. The van der Waals surface area contributed by atoms with Gasteiger partial charge in [0, 0.05) is 24.2 Å². The first-order chi connectivity index (χ1) is 6.75. The molecule has 5 heteroatoms. The van der Waals surface area contributed by atoms with E-state index in [0.29, 0.717) is 0 Å². The molecule has 0 fully saturated rings. The molecule has 0 radical (unpaired) electrons. The normalized spacial score (nSPS) is 10.4. The lowest BCUT2D eigenvalue weighted by Gasteiger charge is -2.03. The molecule has 0 aromatic carbocycles. The average Bonchev–Trinajstić information content (AvgIpc) is 2.72. The van der Waals surface area contributed by atoms with Crippen LogP contribution in [0.15, 0.2) is 17.6 Å². The Morgan fingerprint density at radius 1 is 1.57 bits per heavy atom. The molecule has 0 aliphatic rings. The van der Waals surface area contributed by atoms with Gasteiger partial charge < -0.3 is 5.32 Å². The topological polar surface area (TPSA) is 42.7 Å². The Morgan fingerprint density at radius 3 is 3.00 bits per heavy atom. The van der Waals surface area contributed by atoms with Gasteiger partial charge >= 0.3 is 0 Å². The molecule has 0 bridgehead atoms. The Kier molecular flexibility index (Phi) is 2.49. The minimum Gasteiger partial charge on any atom is -0.364 e. The first-order valence-corrected chi connectivity index (χ1v) is 5.26. The second kappa shape index (κ2) is 3.79. The largest absolute Gasteiger partial charge is 0.364 e. The maximum absolute atomic E-state index is 4.37. The predicted molar refractivity (Wildman–Crippen MR) is 57.4 cm³/mol. The molecule has 14 heavy (non-hydrogen) atoms. The maximum atomic E-state index is 4.37. The second-order valence-corrected chi connectivity index (χ2v) is 4.02. The minimum atomic E-state index is 0.762. The first kappa shape index (κ1) is 9.21. The van der Waals surface area contributed by atoms with Gasteiger partial charge in [-0.05, 0) is 6.92 Å². The average molecular weight is 208 g/mol. The van der Waals surface area contributed by atoms with Crippen molar-refractivity contribution in [3.63, 3.8) is 0 Å². The highest BCUT2D eigenvalue weighted by Gasteiger charge is 2.00. The van der Waals surface area contributed by atoms with E-state index in [9.17, 15) is 0 Å². The first-order valence-electron chi connectivity index (χ1n) is 4.38. The zero-order chi connectivity index (χ0) is 9.97. The van der Waals surface area contributed by atoms with E-state index in [1.165, 1.54) is 0 Å². The van der Waals surface area contributed by atoms with Crippen LogP contribution in [0.2, 0.25) is 0 Å². The van der Waals surface area contributed by atoms with E-state index in [-0.39, 0.29) is 0 Å². The number of aromatic nitrogens is 3. The standard InChI is InChI=1S/C9H12N4S/c1-7-6-14-9(12-7)5-10-8-3-4-11-13(8)2/h3-4,6,10H,5H2,1-2H3. The zero-order valence-corrected chi connectivity index (χ0v) is 9.01. The summed E-state index contributed by atoms with van der Waals surface area (Å²) in [5, 5.41) is 10.5. The Bertz CT molecular complexity index is 418. The summed E-state index contributed by atoms with van der Waals surface area (Å²) in [5.74, 6) is 1.01. The van der Waals surface area contributed by atoms with Gasteiger partial charge in [-0.25, -0.2) is 4.98 Å². The van der Waals surface area contributed by atoms with Gasteiger partial charge in [-0.3, -0.25) is 4.68 Å². The van der Waals surface area contributed by atoms with Crippen LogP contribution in [0.3, 0.4) is 0 Å². The van der Waals surface area contributed by atoms with Crippen molar-refractivity contribution in [3.05, 3.63) is 28.3 Å². The van der Waals surface area contributed by atoms with Gasteiger partial charge in [-0.1, -0.05) is 0 Å². The molecule has 74 valence electrons. The number of anilines is 1. The van der Waals surface area contributed by atoms with E-state index >= 15 is 0 Å². The van der Waals surface area contributed by atoms with E-state index in [1.807, 2.05) is 20.0 Å². The Morgan fingerprint density at radius 2 is 2.43 bits per heavy atom. The summed E-state index contributed by atoms with van der Waals surface area (Å²) in [4.78, 5) is 4.37. The van der Waals surface area contributed by atoms with Gasteiger partial charge in [0.2, 0.25) is 0 Å². The van der Waals surface area contributed by atoms with Crippen molar-refractivity contribution in [3.8, 4) is 0 Å². The van der Waals surface area contributed by atoms with Crippen LogP contribution >= 0.6 is 11.3 Å². The van der Waals surface area contributed by atoms with Crippen molar-refractivity contribution >= 4 is 17.2 Å². The second-order valence-electron chi connectivity index (χ2n) is 3.08. The summed E-state index contributed by atoms with van der Waals surface area (Å²) in [6, 6.07) is 1.94. The molecule has 0 atom stereocenters. The summed E-state index contributed by atoms with van der Waals surface area (Å²) >= 11 is 1.67. The maximum Gasteiger partial charge on any atom is 0.124 e. The Balaban J connectivity index is 1.98. The van der Waals surface area contributed by atoms with Crippen molar-refractivity contribution < 1.29 is 0 Å². The van der Waals surface area contributed by atoms with E-state index < -0.39 is 0 Å². The lowest BCUT2D eigenvalue weighted by atomic mass is 10.5. The van der Waals surface area contributed by atoms with Crippen molar-refractivity contribution in [2.45, 2.75) is 13.5 Å². The number of nitrogens with one attached hydrogen (secondary N) is 1. The van der Waals surface area contributed by atoms with Crippen LogP contribution in [0.5, 0.6) is 0 Å². The lowest BCUT2D eigenvalue weighted by Crippen LogP contribution is -2.04. The molecular weight excluding hydrogens is 196 g/mol. The van der Waals surface area contributed by atoms with E-state index in [0.717, 1.165) is 23.1 Å². The van der Waals surface area contributed by atoms with Gasteiger partial charge in [0.05, 0.1) is 12.7 Å². The molecule has 2 heterocycles. The molecule has 0 saturated carbocycles. The molecule has 0 unspecified atom stereocenters. The van der Waals surface area contributed by atoms with Crippen LogP contribution < -0.4 is 5.32 Å². The van der Waals surface area contributed by atoms with Crippen LogP contribution in [-0.4, -0.2) is 14.8 Å². The third kappa shape index (κ3) is 1.93. The van der Waals surface area contributed by atoms with E-state index in [2.05, 4.69) is 20.8 Å². The Hall–Kier alpha value is -1.36. The highest BCUT2D eigenvalue weighted by atomic mass is 32.1. The zero-order valence-electron chi connectivity index (χ0n) is 8.19. The number of rotatable bonds is 3. The molecule has 2 aromatic heterocycles. The third-order valence-corrected chi connectivity index (χ3v) is 2.87. The fourth-order valence-corrected chi connectivity index (χ4v) is 1.91. The predicted octanol–water partition coefficient (Wildman–Crippen LogP) is 1.80. The summed E-state index contributed by atoms with van der Waals surface area (Å²) in [7, 11) is 1.91. The number of nitrogens with zero attached hydrogens (tertiary/aromatic N) is 3. The highest BCUT2D eigenvalue weighted by Crippen LogP contribution is 2.11. The highest BCUT2D eigenvalue weighted by molar-refractivity contribution is 7.09. The molecule has 2 aromatic rings. The minimum absolute atomic E-state index is 0.762. The quantitative estimate of drug-likeness (QED) is 0.836. The van der Waals surface area contributed by atoms with Gasteiger partial charge in [0.15, 0.2) is 0 Å². The number of thiazole rings is 1. The Labute approximate surface area is 86.6 Å². The molecule has 0 spiro atoms. The fourth-order valence-electron chi connectivity index (χ4n) is 1.20. The van der Waals surface area contributed by atoms with Crippen molar-refractivity contribution in [1.29, 1.82) is 0 Å². The SMILES string of the molecule is Cc1csc(CNc2ccnn2C)n1. The fraction of sp³-hybridized carbons (Fsp3) is 0.333. The molecule has 0 saturated heterocycles. The molecule has 2 rings (SSSR count). The van der Waals surface area contributed by atoms with Crippen molar-refractivity contribution in [2.24, 2.45) is 7.05 Å². The van der Waals surface area contributed by atoms with Crippen molar-refractivity contribution in [2.75, 3.05) is 5.32 Å². The molecule has 1 N–H and O–H groups in total. The molecule has 0 aliphatic heterocycles. The summed E-state index contributed by atoms with van der Waals surface area (Å²) in [6.07, 6.45) is 1.77. The van der Waals surface area contributed by atoms with Crippen LogP contribution in [0.1, 0.15) is 10.7 Å². The van der Waals surface area contributed by atoms with Gasteiger partial charge in [-0.15, -0.1) is 11.3 Å². The summed E-state index contributed by atoms with van der Waals surface area (Å²) in [6.45, 7) is 2.77. The van der Waals surface area contributed by atoms with Crippen LogP contribution in [0.25, 0.3) is 0 Å². The molecule has 0 amide bonds. The van der Waals surface area contributed by atoms with Gasteiger partial charge in [0.25, 0.3) is 0 Å². The van der Waals surface area contributed by atoms with Gasteiger partial charge in [0.1, 0.15) is 10.8 Å². The molecular formula is C9H12N4S. The number of hydrogen-bond donors (Lipinski definition) is 1. The van der Waals surface area contributed by atoms with Crippen molar-refractivity contribution in [1.82, 2.24) is 14.8 Å².